The van der Waals surface area contributed by atoms with Crippen molar-refractivity contribution >= 4 is 38.3 Å². The molecule has 96 valence electrons. The van der Waals surface area contributed by atoms with Gasteiger partial charge in [0.2, 0.25) is 0 Å². The Labute approximate surface area is 115 Å². The van der Waals surface area contributed by atoms with E-state index in [1.807, 2.05) is 0 Å². The zero-order valence-corrected chi connectivity index (χ0v) is 11.6. The smallest absolute Gasteiger partial charge is 0.244 e. The van der Waals surface area contributed by atoms with Gasteiger partial charge in [-0.2, -0.15) is 13.2 Å². The number of halogens is 5. The standard InChI is InChI=1S/C12H8BrClF3N/c1-6(12(15,16)17)7-2-3-10(13)9-5-18-11(14)4-8(7)9/h2-6H,1H3. The second kappa shape index (κ2) is 4.70. The molecule has 0 saturated carbocycles. The van der Waals surface area contributed by atoms with Crippen LogP contribution < -0.4 is 0 Å². The molecule has 0 saturated heterocycles. The van der Waals surface area contributed by atoms with Crippen LogP contribution in [-0.2, 0) is 0 Å². The lowest BCUT2D eigenvalue weighted by Gasteiger charge is -2.18. The van der Waals surface area contributed by atoms with Crippen molar-refractivity contribution < 1.29 is 13.2 Å². The summed E-state index contributed by atoms with van der Waals surface area (Å²) in [6.07, 6.45) is -2.81. The maximum absolute atomic E-state index is 12.8. The van der Waals surface area contributed by atoms with Crippen molar-refractivity contribution in [2.45, 2.75) is 19.0 Å². The molecule has 2 aromatic rings. The molecule has 1 aromatic carbocycles. The van der Waals surface area contributed by atoms with E-state index in [0.29, 0.717) is 15.2 Å². The summed E-state index contributed by atoms with van der Waals surface area (Å²) in [4.78, 5) is 3.88. The highest BCUT2D eigenvalue weighted by Gasteiger charge is 2.37. The van der Waals surface area contributed by atoms with Crippen LogP contribution in [-0.4, -0.2) is 11.2 Å². The van der Waals surface area contributed by atoms with E-state index in [1.54, 1.807) is 6.07 Å². The van der Waals surface area contributed by atoms with E-state index in [4.69, 9.17) is 11.6 Å². The molecule has 0 radical (unpaired) electrons. The van der Waals surface area contributed by atoms with E-state index in [1.165, 1.54) is 18.3 Å². The minimum absolute atomic E-state index is 0.177. The molecule has 0 amide bonds. The molecule has 1 nitrogen and oxygen atoms in total. The SMILES string of the molecule is CC(c1ccc(Br)c2cnc(Cl)cc12)C(F)(F)F. The topological polar surface area (TPSA) is 12.9 Å². The first kappa shape index (κ1) is 13.6. The number of aromatic nitrogens is 1. The molecular weight excluding hydrogens is 330 g/mol. The van der Waals surface area contributed by atoms with Crippen LogP contribution in [0.15, 0.2) is 28.9 Å². The van der Waals surface area contributed by atoms with Gasteiger partial charge in [0.15, 0.2) is 0 Å². The summed E-state index contributed by atoms with van der Waals surface area (Å²) < 4.78 is 39.1. The maximum atomic E-state index is 12.8. The van der Waals surface area contributed by atoms with Crippen LogP contribution in [0.25, 0.3) is 10.8 Å². The minimum atomic E-state index is -4.28. The number of rotatable bonds is 1. The fourth-order valence-electron chi connectivity index (χ4n) is 1.76. The van der Waals surface area contributed by atoms with Crippen molar-refractivity contribution in [1.29, 1.82) is 0 Å². The second-order valence-electron chi connectivity index (χ2n) is 3.95. The van der Waals surface area contributed by atoms with E-state index in [-0.39, 0.29) is 10.7 Å². The summed E-state index contributed by atoms with van der Waals surface area (Å²) in [5, 5.41) is 1.26. The highest BCUT2D eigenvalue weighted by atomic mass is 79.9. The van der Waals surface area contributed by atoms with Crippen LogP contribution >= 0.6 is 27.5 Å². The summed E-state index contributed by atoms with van der Waals surface area (Å²) in [6.45, 7) is 1.14. The molecule has 2 rings (SSSR count). The number of hydrogen-bond donors (Lipinski definition) is 0. The zero-order chi connectivity index (χ0) is 13.5. The number of alkyl halides is 3. The molecule has 18 heavy (non-hydrogen) atoms. The molecule has 1 heterocycles. The molecule has 0 spiro atoms. The van der Waals surface area contributed by atoms with Gasteiger partial charge < -0.3 is 0 Å². The lowest BCUT2D eigenvalue weighted by Crippen LogP contribution is -2.18. The van der Waals surface area contributed by atoms with E-state index < -0.39 is 12.1 Å². The molecule has 1 unspecified atom stereocenters. The largest absolute Gasteiger partial charge is 0.395 e. The number of pyridine rings is 1. The molecule has 1 atom stereocenters. The van der Waals surface area contributed by atoms with E-state index >= 15 is 0 Å². The van der Waals surface area contributed by atoms with Gasteiger partial charge in [0.25, 0.3) is 0 Å². The van der Waals surface area contributed by atoms with Gasteiger partial charge in [-0.15, -0.1) is 0 Å². The monoisotopic (exact) mass is 337 g/mol. The van der Waals surface area contributed by atoms with E-state index in [2.05, 4.69) is 20.9 Å². The maximum Gasteiger partial charge on any atom is 0.395 e. The van der Waals surface area contributed by atoms with Crippen molar-refractivity contribution in [2.75, 3.05) is 0 Å². The van der Waals surface area contributed by atoms with Crippen LogP contribution in [0.1, 0.15) is 18.4 Å². The Morgan fingerprint density at radius 1 is 1.28 bits per heavy atom. The molecule has 1 aromatic heterocycles. The first-order valence-corrected chi connectivity index (χ1v) is 6.28. The van der Waals surface area contributed by atoms with Crippen molar-refractivity contribution in [1.82, 2.24) is 4.98 Å². The van der Waals surface area contributed by atoms with Crippen molar-refractivity contribution in [3.8, 4) is 0 Å². The van der Waals surface area contributed by atoms with Gasteiger partial charge in [-0.05, 0) is 30.0 Å². The predicted molar refractivity (Wildman–Crippen MR) is 68.9 cm³/mol. The van der Waals surface area contributed by atoms with E-state index in [9.17, 15) is 13.2 Å². The summed E-state index contributed by atoms with van der Waals surface area (Å²) in [6, 6.07) is 4.51. The van der Waals surface area contributed by atoms with Gasteiger partial charge >= 0.3 is 6.18 Å². The third-order valence-corrected chi connectivity index (χ3v) is 3.70. The zero-order valence-electron chi connectivity index (χ0n) is 9.22. The molecule has 0 aliphatic rings. The van der Waals surface area contributed by atoms with Crippen molar-refractivity contribution in [3.63, 3.8) is 0 Å². The van der Waals surface area contributed by atoms with Crippen LogP contribution in [0.3, 0.4) is 0 Å². The molecule has 6 heteroatoms. The van der Waals surface area contributed by atoms with Gasteiger partial charge in [-0.3, -0.25) is 0 Å². The number of nitrogens with zero attached hydrogens (tertiary/aromatic N) is 1. The number of hydrogen-bond acceptors (Lipinski definition) is 1. The van der Waals surface area contributed by atoms with Crippen LogP contribution in [0, 0.1) is 0 Å². The Morgan fingerprint density at radius 2 is 1.94 bits per heavy atom. The fraction of sp³-hybridized carbons (Fsp3) is 0.250. The molecule has 0 aliphatic heterocycles. The summed E-state index contributed by atoms with van der Waals surface area (Å²) in [7, 11) is 0. The highest BCUT2D eigenvalue weighted by molar-refractivity contribution is 9.10. The second-order valence-corrected chi connectivity index (χ2v) is 5.19. The molecule has 0 aliphatic carbocycles. The third kappa shape index (κ3) is 2.47. The quantitative estimate of drug-likeness (QED) is 0.642. The normalized spacial score (nSPS) is 13.9. The first-order valence-electron chi connectivity index (χ1n) is 5.11. The molecule has 0 N–H and O–H groups in total. The Balaban J connectivity index is 2.72. The molecule has 0 fully saturated rings. The Kier molecular flexibility index (Phi) is 3.56. The lowest BCUT2D eigenvalue weighted by molar-refractivity contribution is -0.146. The van der Waals surface area contributed by atoms with Gasteiger partial charge in [0.05, 0.1) is 5.92 Å². The summed E-state index contributed by atoms with van der Waals surface area (Å²) in [5.74, 6) is -1.55. The molecular formula is C12H8BrClF3N. The number of fused-ring (bicyclic) bond motifs is 1. The average Bonchev–Trinajstić information content (AvgIpc) is 2.27. The Hall–Kier alpha value is -0.810. The number of benzene rings is 1. The van der Waals surface area contributed by atoms with E-state index in [0.717, 1.165) is 6.92 Å². The van der Waals surface area contributed by atoms with Gasteiger partial charge in [-0.1, -0.05) is 33.6 Å². The lowest BCUT2D eigenvalue weighted by atomic mass is 9.95. The van der Waals surface area contributed by atoms with Crippen LogP contribution in [0.2, 0.25) is 5.15 Å². The van der Waals surface area contributed by atoms with Crippen LogP contribution in [0.5, 0.6) is 0 Å². The minimum Gasteiger partial charge on any atom is -0.244 e. The third-order valence-electron chi connectivity index (χ3n) is 2.81. The van der Waals surface area contributed by atoms with Crippen LogP contribution in [0.4, 0.5) is 13.2 Å². The van der Waals surface area contributed by atoms with Gasteiger partial charge in [-0.25, -0.2) is 4.98 Å². The first-order chi connectivity index (χ1) is 8.30. The highest BCUT2D eigenvalue weighted by Crippen LogP contribution is 2.39. The van der Waals surface area contributed by atoms with Crippen molar-refractivity contribution in [2.24, 2.45) is 0 Å². The average molecular weight is 339 g/mol. The summed E-state index contributed by atoms with van der Waals surface area (Å²) >= 11 is 9.05. The Morgan fingerprint density at radius 3 is 2.56 bits per heavy atom. The molecule has 0 bridgehead atoms. The van der Waals surface area contributed by atoms with Crippen molar-refractivity contribution in [3.05, 3.63) is 39.6 Å². The van der Waals surface area contributed by atoms with Gasteiger partial charge in [0, 0.05) is 16.1 Å². The predicted octanol–water partition coefficient (Wildman–Crippen LogP) is 5.32. The Bertz CT molecular complexity index is 598. The fourth-order valence-corrected chi connectivity index (χ4v) is 2.36. The summed E-state index contributed by atoms with van der Waals surface area (Å²) in [5.41, 5.74) is 0.199. The van der Waals surface area contributed by atoms with Gasteiger partial charge in [0.1, 0.15) is 5.15 Å².